The molecule has 5 nitrogen and oxygen atoms in total. The summed E-state index contributed by atoms with van der Waals surface area (Å²) in [6.07, 6.45) is 1.09. The molecule has 1 N–H and O–H groups in total. The predicted octanol–water partition coefficient (Wildman–Crippen LogP) is 4.49. The molecule has 1 heterocycles. The highest BCUT2D eigenvalue weighted by molar-refractivity contribution is 9.10. The summed E-state index contributed by atoms with van der Waals surface area (Å²) in [5, 5.41) is 3.12. The molecule has 0 spiro atoms. The summed E-state index contributed by atoms with van der Waals surface area (Å²) in [5.41, 5.74) is 4.20. The Morgan fingerprint density at radius 2 is 1.87 bits per heavy atom. The van der Waals surface area contributed by atoms with Gasteiger partial charge in [0, 0.05) is 23.5 Å². The van der Waals surface area contributed by atoms with Crippen molar-refractivity contribution in [2.24, 2.45) is 5.92 Å². The van der Waals surface area contributed by atoms with Crippen LogP contribution in [0.5, 0.6) is 0 Å². The maximum atomic E-state index is 12.8. The molecule has 3 rings (SSSR count). The molecule has 0 aromatic heterocycles. The zero-order valence-electron chi connectivity index (χ0n) is 17.7. The molecule has 0 unspecified atom stereocenters. The van der Waals surface area contributed by atoms with E-state index in [0.29, 0.717) is 25.9 Å². The first kappa shape index (κ1) is 23.0. The third-order valence-electron chi connectivity index (χ3n) is 5.72. The van der Waals surface area contributed by atoms with Gasteiger partial charge in [0.05, 0.1) is 11.8 Å². The number of aryl methyl sites for hydroxylation is 2. The number of carbonyl (C=O) groups excluding carboxylic acids is 1. The monoisotopic (exact) mass is 492 g/mol. The van der Waals surface area contributed by atoms with Crippen LogP contribution in [-0.4, -0.2) is 31.7 Å². The predicted molar refractivity (Wildman–Crippen MR) is 124 cm³/mol. The molecule has 2 aromatic rings. The van der Waals surface area contributed by atoms with Crippen molar-refractivity contribution in [2.75, 3.05) is 13.1 Å². The molecule has 1 aliphatic rings. The van der Waals surface area contributed by atoms with Crippen LogP contribution in [0.2, 0.25) is 0 Å². The maximum Gasteiger partial charge on any atom is 0.223 e. The van der Waals surface area contributed by atoms with E-state index in [2.05, 4.69) is 39.4 Å². The summed E-state index contributed by atoms with van der Waals surface area (Å²) in [7, 11) is -3.40. The molecule has 1 atom stereocenters. The van der Waals surface area contributed by atoms with Crippen LogP contribution in [0, 0.1) is 19.8 Å². The third kappa shape index (κ3) is 5.71. The molecule has 7 heteroatoms. The van der Waals surface area contributed by atoms with E-state index in [1.807, 2.05) is 45.0 Å². The van der Waals surface area contributed by atoms with Crippen molar-refractivity contribution in [1.29, 1.82) is 0 Å². The number of amides is 1. The van der Waals surface area contributed by atoms with Gasteiger partial charge in [-0.2, -0.15) is 0 Å². The summed E-state index contributed by atoms with van der Waals surface area (Å²) in [5.74, 6) is -0.171. The lowest BCUT2D eigenvalue weighted by molar-refractivity contribution is -0.126. The van der Waals surface area contributed by atoms with Crippen molar-refractivity contribution >= 4 is 31.9 Å². The Kier molecular flexibility index (Phi) is 7.37. The average Bonchev–Trinajstić information content (AvgIpc) is 2.69. The first-order valence-corrected chi connectivity index (χ1v) is 12.7. The minimum absolute atomic E-state index is 0.00689. The number of halogens is 1. The van der Waals surface area contributed by atoms with Gasteiger partial charge < -0.3 is 5.32 Å². The van der Waals surface area contributed by atoms with E-state index in [0.717, 1.165) is 21.2 Å². The molecular formula is C23H29BrN2O3S. The highest BCUT2D eigenvalue weighted by Crippen LogP contribution is 2.25. The van der Waals surface area contributed by atoms with Crippen molar-refractivity contribution in [3.05, 3.63) is 69.2 Å². The average molecular weight is 493 g/mol. The Labute approximate surface area is 188 Å². The number of nitrogens with zero attached hydrogens (tertiary/aromatic N) is 1. The third-order valence-corrected chi connectivity index (χ3v) is 8.06. The lowest BCUT2D eigenvalue weighted by Gasteiger charge is -2.31. The van der Waals surface area contributed by atoms with Gasteiger partial charge in [0.2, 0.25) is 15.9 Å². The van der Waals surface area contributed by atoms with Crippen molar-refractivity contribution in [2.45, 2.75) is 45.4 Å². The second kappa shape index (κ2) is 9.62. The molecule has 1 amide bonds. The molecular weight excluding hydrogens is 464 g/mol. The van der Waals surface area contributed by atoms with Crippen LogP contribution in [0.1, 0.15) is 48.1 Å². The SMILES string of the molecule is Cc1ccc(C)c([C@@H](C)NC(=O)C2CCN(S(=O)(=O)Cc3cccc(Br)c3)CC2)c1. The standard InChI is InChI=1S/C23H29BrN2O3S/c1-16-7-8-17(2)22(13-16)18(3)25-23(27)20-9-11-26(12-10-20)30(28,29)15-19-5-4-6-21(24)14-19/h4-8,13-14,18,20H,9-12,15H2,1-3H3,(H,25,27)/t18-/m1/s1. The quantitative estimate of drug-likeness (QED) is 0.645. The van der Waals surface area contributed by atoms with E-state index in [4.69, 9.17) is 0 Å². The van der Waals surface area contributed by atoms with Gasteiger partial charge >= 0.3 is 0 Å². The van der Waals surface area contributed by atoms with Gasteiger partial charge in [-0.05, 0) is 62.4 Å². The molecule has 0 saturated carbocycles. The van der Waals surface area contributed by atoms with Crippen molar-refractivity contribution in [3.8, 4) is 0 Å². The van der Waals surface area contributed by atoms with E-state index in [1.165, 1.54) is 9.87 Å². The van der Waals surface area contributed by atoms with Gasteiger partial charge in [-0.3, -0.25) is 4.79 Å². The van der Waals surface area contributed by atoms with E-state index in [9.17, 15) is 13.2 Å². The number of hydrogen-bond acceptors (Lipinski definition) is 3. The summed E-state index contributed by atoms with van der Waals surface area (Å²) in [4.78, 5) is 12.8. The highest BCUT2D eigenvalue weighted by Gasteiger charge is 2.31. The second-order valence-electron chi connectivity index (χ2n) is 8.15. The lowest BCUT2D eigenvalue weighted by atomic mass is 9.95. The highest BCUT2D eigenvalue weighted by atomic mass is 79.9. The molecule has 0 bridgehead atoms. The fourth-order valence-electron chi connectivity index (χ4n) is 3.96. The normalized spacial score (nSPS) is 16.9. The fourth-order valence-corrected chi connectivity index (χ4v) is 5.96. The van der Waals surface area contributed by atoms with Crippen LogP contribution in [0.3, 0.4) is 0 Å². The Morgan fingerprint density at radius 3 is 2.53 bits per heavy atom. The first-order valence-electron chi connectivity index (χ1n) is 10.3. The van der Waals surface area contributed by atoms with Gasteiger partial charge in [0.15, 0.2) is 0 Å². The van der Waals surface area contributed by atoms with Crippen LogP contribution in [0.4, 0.5) is 0 Å². The second-order valence-corrected chi connectivity index (χ2v) is 11.0. The van der Waals surface area contributed by atoms with E-state index in [1.54, 1.807) is 0 Å². The van der Waals surface area contributed by atoms with Gasteiger partial charge in [-0.15, -0.1) is 0 Å². The molecule has 162 valence electrons. The summed E-state index contributed by atoms with van der Waals surface area (Å²) in [6, 6.07) is 13.5. The fraction of sp³-hybridized carbons (Fsp3) is 0.435. The Hall–Kier alpha value is -1.70. The molecule has 30 heavy (non-hydrogen) atoms. The first-order chi connectivity index (χ1) is 14.2. The minimum atomic E-state index is -3.40. The van der Waals surface area contributed by atoms with Crippen molar-refractivity contribution in [3.63, 3.8) is 0 Å². The molecule has 1 aliphatic heterocycles. The molecule has 1 fully saturated rings. The van der Waals surface area contributed by atoms with Crippen LogP contribution < -0.4 is 5.32 Å². The largest absolute Gasteiger partial charge is 0.349 e. The molecule has 2 aromatic carbocycles. The number of carbonyl (C=O) groups is 1. The van der Waals surface area contributed by atoms with E-state index in [-0.39, 0.29) is 23.6 Å². The maximum absolute atomic E-state index is 12.8. The number of hydrogen-bond donors (Lipinski definition) is 1. The topological polar surface area (TPSA) is 66.5 Å². The zero-order chi connectivity index (χ0) is 21.9. The number of nitrogens with one attached hydrogen (secondary N) is 1. The summed E-state index contributed by atoms with van der Waals surface area (Å²) >= 11 is 3.38. The number of sulfonamides is 1. The number of benzene rings is 2. The van der Waals surface area contributed by atoms with Crippen molar-refractivity contribution in [1.82, 2.24) is 9.62 Å². The van der Waals surface area contributed by atoms with E-state index >= 15 is 0 Å². The summed E-state index contributed by atoms with van der Waals surface area (Å²) in [6.45, 7) is 6.85. The van der Waals surface area contributed by atoms with E-state index < -0.39 is 10.0 Å². The number of piperidine rings is 1. The molecule has 0 radical (unpaired) electrons. The molecule has 0 aliphatic carbocycles. The minimum Gasteiger partial charge on any atom is -0.349 e. The zero-order valence-corrected chi connectivity index (χ0v) is 20.1. The molecule has 1 saturated heterocycles. The summed E-state index contributed by atoms with van der Waals surface area (Å²) < 4.78 is 28.0. The van der Waals surface area contributed by atoms with Gasteiger partial charge in [-0.25, -0.2) is 12.7 Å². The van der Waals surface area contributed by atoms with Crippen molar-refractivity contribution < 1.29 is 13.2 Å². The smallest absolute Gasteiger partial charge is 0.223 e. The van der Waals surface area contributed by atoms with Crippen LogP contribution in [0.15, 0.2) is 46.9 Å². The Morgan fingerprint density at radius 1 is 1.17 bits per heavy atom. The van der Waals surface area contributed by atoms with Gasteiger partial charge in [0.1, 0.15) is 0 Å². The van der Waals surface area contributed by atoms with Gasteiger partial charge in [0.25, 0.3) is 0 Å². The Balaban J connectivity index is 1.56. The van der Waals surface area contributed by atoms with Gasteiger partial charge in [-0.1, -0.05) is 51.8 Å². The van der Waals surface area contributed by atoms with Crippen LogP contribution in [-0.2, 0) is 20.6 Å². The van der Waals surface area contributed by atoms with Crippen LogP contribution >= 0.6 is 15.9 Å². The number of rotatable bonds is 6. The lowest BCUT2D eigenvalue weighted by Crippen LogP contribution is -2.43. The Bertz CT molecular complexity index is 1010. The van der Waals surface area contributed by atoms with Crippen LogP contribution in [0.25, 0.3) is 0 Å².